The van der Waals surface area contributed by atoms with Crippen molar-refractivity contribution in [2.45, 2.75) is 44.2 Å². The summed E-state index contributed by atoms with van der Waals surface area (Å²) in [5.41, 5.74) is 3.15. The Morgan fingerprint density at radius 1 is 0.970 bits per heavy atom. The van der Waals surface area contributed by atoms with Crippen LogP contribution in [0.1, 0.15) is 51.9 Å². The third kappa shape index (κ3) is 4.09. The van der Waals surface area contributed by atoms with E-state index in [1.165, 1.54) is 17.5 Å². The summed E-state index contributed by atoms with van der Waals surface area (Å²) in [5.74, 6) is -0.703. The van der Waals surface area contributed by atoms with E-state index < -0.39 is 11.5 Å². The molecule has 3 aromatic rings. The number of hydrogen-bond acceptors (Lipinski definition) is 3. The van der Waals surface area contributed by atoms with Crippen LogP contribution in [0.5, 0.6) is 0 Å². The molecule has 1 unspecified atom stereocenters. The molecule has 1 heterocycles. The maximum absolute atomic E-state index is 13.6. The Bertz CT molecular complexity index is 1270. The van der Waals surface area contributed by atoms with Crippen molar-refractivity contribution < 1.29 is 14.7 Å². The topological polar surface area (TPSA) is 57.6 Å². The zero-order valence-corrected chi connectivity index (χ0v) is 21.2. The van der Waals surface area contributed by atoms with Crippen LogP contribution in [0, 0.1) is 0 Å². The molecule has 1 N–H and O–H groups in total. The maximum atomic E-state index is 13.6. The second kappa shape index (κ2) is 8.82. The fourth-order valence-corrected chi connectivity index (χ4v) is 5.66. The Balaban J connectivity index is 1.49. The number of aryl methyl sites for hydroxylation is 2. The van der Waals surface area contributed by atoms with Crippen molar-refractivity contribution in [3.05, 3.63) is 97.4 Å². The SMILES string of the molecule is O=C(CC1(O)C(=O)N(Cc2ccccc2Br)c2ccc(Br)cc21)c1ccc2c(c1)CCCC2. The Morgan fingerprint density at radius 2 is 1.73 bits per heavy atom. The highest BCUT2D eigenvalue weighted by molar-refractivity contribution is 9.10. The highest BCUT2D eigenvalue weighted by Gasteiger charge is 2.51. The lowest BCUT2D eigenvalue weighted by Crippen LogP contribution is -2.41. The Kier molecular flexibility index (Phi) is 6.02. The Hall–Kier alpha value is -2.28. The van der Waals surface area contributed by atoms with Gasteiger partial charge < -0.3 is 10.0 Å². The van der Waals surface area contributed by atoms with E-state index in [9.17, 15) is 14.7 Å². The first-order valence-electron chi connectivity index (χ1n) is 11.1. The molecule has 0 bridgehead atoms. The molecule has 33 heavy (non-hydrogen) atoms. The van der Waals surface area contributed by atoms with Gasteiger partial charge in [0.2, 0.25) is 0 Å². The second-order valence-corrected chi connectivity index (χ2v) is 10.6. The average molecular weight is 569 g/mol. The molecule has 6 heteroatoms. The molecule has 0 aromatic heterocycles. The number of fused-ring (bicyclic) bond motifs is 2. The lowest BCUT2D eigenvalue weighted by molar-refractivity contribution is -0.136. The molecular weight excluding hydrogens is 546 g/mol. The Morgan fingerprint density at radius 3 is 2.52 bits per heavy atom. The highest BCUT2D eigenvalue weighted by atomic mass is 79.9. The van der Waals surface area contributed by atoms with Crippen LogP contribution in [0.15, 0.2) is 69.6 Å². The third-order valence-corrected chi connectivity index (χ3v) is 7.93. The molecule has 0 saturated heterocycles. The number of amides is 1. The Labute approximate surface area is 209 Å². The van der Waals surface area contributed by atoms with Gasteiger partial charge in [-0.05, 0) is 72.7 Å². The lowest BCUT2D eigenvalue weighted by atomic mass is 9.85. The van der Waals surface area contributed by atoms with Gasteiger partial charge in [-0.25, -0.2) is 0 Å². The van der Waals surface area contributed by atoms with E-state index in [1.807, 2.05) is 54.6 Å². The summed E-state index contributed by atoms with van der Waals surface area (Å²) >= 11 is 7.00. The summed E-state index contributed by atoms with van der Waals surface area (Å²) in [7, 11) is 0. The molecule has 0 fully saturated rings. The molecular formula is C27H23Br2NO3. The molecule has 4 nitrogen and oxygen atoms in total. The van der Waals surface area contributed by atoms with E-state index in [0.717, 1.165) is 33.8 Å². The number of benzene rings is 3. The number of carbonyl (C=O) groups excluding carboxylic acids is 2. The molecule has 2 aliphatic rings. The molecule has 1 aliphatic heterocycles. The van der Waals surface area contributed by atoms with Crippen LogP contribution in [-0.4, -0.2) is 16.8 Å². The molecule has 0 saturated carbocycles. The standard InChI is InChI=1S/C27H23Br2NO3/c28-21-11-12-24-22(14-21)27(33,26(32)30(24)16-20-7-3-4-8-23(20)29)15-25(31)19-10-9-17-5-1-2-6-18(17)13-19/h3-4,7-14,33H,1-2,5-6,15-16H2. The summed E-state index contributed by atoms with van der Waals surface area (Å²) in [6.07, 6.45) is 4.01. The zero-order valence-electron chi connectivity index (χ0n) is 18.0. The van der Waals surface area contributed by atoms with E-state index in [2.05, 4.69) is 31.9 Å². The van der Waals surface area contributed by atoms with Gasteiger partial charge in [-0.15, -0.1) is 0 Å². The smallest absolute Gasteiger partial charge is 0.264 e. The number of hydrogen-bond donors (Lipinski definition) is 1. The fraction of sp³-hybridized carbons (Fsp3) is 0.259. The molecule has 1 aliphatic carbocycles. The minimum absolute atomic E-state index is 0.229. The number of carbonyl (C=O) groups is 2. The van der Waals surface area contributed by atoms with Gasteiger partial charge in [-0.1, -0.05) is 62.2 Å². The number of nitrogens with zero attached hydrogens (tertiary/aromatic N) is 1. The number of anilines is 1. The molecule has 1 amide bonds. The van der Waals surface area contributed by atoms with Gasteiger partial charge in [0.25, 0.3) is 5.91 Å². The van der Waals surface area contributed by atoms with Gasteiger partial charge >= 0.3 is 0 Å². The number of Topliss-reactive ketones (excluding diaryl/α,β-unsaturated/α-hetero) is 1. The zero-order chi connectivity index (χ0) is 23.2. The average Bonchev–Trinajstić information content (AvgIpc) is 3.01. The minimum atomic E-state index is -1.91. The van der Waals surface area contributed by atoms with Crippen molar-refractivity contribution in [3.63, 3.8) is 0 Å². The van der Waals surface area contributed by atoms with Gasteiger partial charge in [0, 0.05) is 20.1 Å². The number of ketones is 1. The van der Waals surface area contributed by atoms with Crippen LogP contribution in [0.4, 0.5) is 5.69 Å². The lowest BCUT2D eigenvalue weighted by Gasteiger charge is -2.23. The number of halogens is 2. The van der Waals surface area contributed by atoms with E-state index in [1.54, 1.807) is 11.0 Å². The van der Waals surface area contributed by atoms with Crippen LogP contribution in [-0.2, 0) is 29.8 Å². The normalized spacial score (nSPS) is 19.4. The summed E-state index contributed by atoms with van der Waals surface area (Å²) in [6.45, 7) is 0.296. The first-order chi connectivity index (χ1) is 15.9. The molecule has 0 spiro atoms. The van der Waals surface area contributed by atoms with Gasteiger partial charge in [0.1, 0.15) is 0 Å². The van der Waals surface area contributed by atoms with Crippen molar-refractivity contribution >= 4 is 49.2 Å². The van der Waals surface area contributed by atoms with Gasteiger partial charge in [-0.2, -0.15) is 0 Å². The van der Waals surface area contributed by atoms with Crippen LogP contribution < -0.4 is 4.90 Å². The van der Waals surface area contributed by atoms with Crippen LogP contribution in [0.2, 0.25) is 0 Å². The van der Waals surface area contributed by atoms with Crippen molar-refractivity contribution in [2.75, 3.05) is 4.90 Å². The monoisotopic (exact) mass is 567 g/mol. The van der Waals surface area contributed by atoms with E-state index in [4.69, 9.17) is 0 Å². The number of rotatable bonds is 5. The summed E-state index contributed by atoms with van der Waals surface area (Å²) in [4.78, 5) is 28.5. The molecule has 1 atom stereocenters. The predicted molar refractivity (Wildman–Crippen MR) is 135 cm³/mol. The maximum Gasteiger partial charge on any atom is 0.264 e. The van der Waals surface area contributed by atoms with E-state index in [0.29, 0.717) is 23.4 Å². The molecule has 0 radical (unpaired) electrons. The predicted octanol–water partition coefficient (Wildman–Crippen LogP) is 6.10. The molecule has 168 valence electrons. The van der Waals surface area contributed by atoms with Gasteiger partial charge in [0.05, 0.1) is 18.7 Å². The molecule has 3 aromatic carbocycles. The van der Waals surface area contributed by atoms with Gasteiger partial charge in [-0.3, -0.25) is 9.59 Å². The van der Waals surface area contributed by atoms with E-state index >= 15 is 0 Å². The highest BCUT2D eigenvalue weighted by Crippen LogP contribution is 2.45. The summed E-state index contributed by atoms with van der Waals surface area (Å²) < 4.78 is 1.63. The van der Waals surface area contributed by atoms with Crippen molar-refractivity contribution in [1.82, 2.24) is 0 Å². The summed E-state index contributed by atoms with van der Waals surface area (Å²) in [6, 6.07) is 18.9. The first kappa shape index (κ1) is 22.5. The second-order valence-electron chi connectivity index (χ2n) is 8.80. The van der Waals surface area contributed by atoms with Crippen molar-refractivity contribution in [2.24, 2.45) is 0 Å². The quantitative estimate of drug-likeness (QED) is 0.378. The van der Waals surface area contributed by atoms with Crippen LogP contribution >= 0.6 is 31.9 Å². The minimum Gasteiger partial charge on any atom is -0.375 e. The van der Waals surface area contributed by atoms with Crippen molar-refractivity contribution in [3.8, 4) is 0 Å². The third-order valence-electron chi connectivity index (χ3n) is 6.67. The number of aliphatic hydroxyl groups is 1. The van der Waals surface area contributed by atoms with Crippen LogP contribution in [0.25, 0.3) is 0 Å². The van der Waals surface area contributed by atoms with Crippen LogP contribution in [0.3, 0.4) is 0 Å². The summed E-state index contributed by atoms with van der Waals surface area (Å²) in [5, 5.41) is 11.7. The molecule has 5 rings (SSSR count). The van der Waals surface area contributed by atoms with E-state index in [-0.39, 0.29) is 12.2 Å². The van der Waals surface area contributed by atoms with Crippen molar-refractivity contribution in [1.29, 1.82) is 0 Å². The largest absolute Gasteiger partial charge is 0.375 e. The van der Waals surface area contributed by atoms with Gasteiger partial charge in [0.15, 0.2) is 11.4 Å². The fourth-order valence-electron chi connectivity index (χ4n) is 4.89. The first-order valence-corrected chi connectivity index (χ1v) is 12.7.